The fourth-order valence-corrected chi connectivity index (χ4v) is 3.06. The first-order valence-electron chi connectivity index (χ1n) is 6.53. The monoisotopic (exact) mass is 233 g/mol. The van der Waals surface area contributed by atoms with E-state index in [0.717, 1.165) is 6.54 Å². The Bertz CT molecular complexity index is 708. The SMILES string of the molecule is c1ccc2c(c1)CC2Cn1ccc2ccccc21. The molecule has 0 N–H and O–H groups in total. The summed E-state index contributed by atoms with van der Waals surface area (Å²) in [5.74, 6) is 0.692. The van der Waals surface area contributed by atoms with Crippen LogP contribution in [0.4, 0.5) is 0 Å². The number of benzene rings is 2. The molecule has 4 rings (SSSR count). The van der Waals surface area contributed by atoms with Gasteiger partial charge in [-0.3, -0.25) is 0 Å². The van der Waals surface area contributed by atoms with Crippen molar-refractivity contribution in [3.8, 4) is 0 Å². The van der Waals surface area contributed by atoms with Gasteiger partial charge in [-0.1, -0.05) is 42.5 Å². The smallest absolute Gasteiger partial charge is 0.0480 e. The topological polar surface area (TPSA) is 4.93 Å². The normalized spacial score (nSPS) is 17.4. The summed E-state index contributed by atoms with van der Waals surface area (Å²) in [6.07, 6.45) is 3.44. The Morgan fingerprint density at radius 1 is 0.944 bits per heavy atom. The molecule has 1 aromatic heterocycles. The van der Waals surface area contributed by atoms with Crippen LogP contribution in [0, 0.1) is 0 Å². The van der Waals surface area contributed by atoms with Gasteiger partial charge < -0.3 is 4.57 Å². The van der Waals surface area contributed by atoms with E-state index in [1.165, 1.54) is 28.5 Å². The lowest BCUT2D eigenvalue weighted by molar-refractivity contribution is 0.519. The lowest BCUT2D eigenvalue weighted by Crippen LogP contribution is -2.21. The molecule has 2 aromatic carbocycles. The van der Waals surface area contributed by atoms with Crippen LogP contribution in [0.3, 0.4) is 0 Å². The molecule has 1 nitrogen and oxygen atoms in total. The van der Waals surface area contributed by atoms with Gasteiger partial charge in [0.25, 0.3) is 0 Å². The second-order valence-electron chi connectivity index (χ2n) is 5.13. The number of nitrogens with zero attached hydrogens (tertiary/aromatic N) is 1. The van der Waals surface area contributed by atoms with Crippen LogP contribution in [0.1, 0.15) is 17.0 Å². The Morgan fingerprint density at radius 2 is 1.78 bits per heavy atom. The number of hydrogen-bond donors (Lipinski definition) is 0. The first-order chi connectivity index (χ1) is 8.92. The zero-order chi connectivity index (χ0) is 11.9. The lowest BCUT2D eigenvalue weighted by Gasteiger charge is -2.30. The summed E-state index contributed by atoms with van der Waals surface area (Å²) in [7, 11) is 0. The lowest BCUT2D eigenvalue weighted by atomic mass is 9.77. The van der Waals surface area contributed by atoms with E-state index in [1.54, 1.807) is 0 Å². The third-order valence-corrected chi connectivity index (χ3v) is 4.06. The number of aromatic nitrogens is 1. The van der Waals surface area contributed by atoms with Crippen LogP contribution in [0.5, 0.6) is 0 Å². The van der Waals surface area contributed by atoms with Gasteiger partial charge in [0, 0.05) is 24.2 Å². The molecule has 0 bridgehead atoms. The minimum absolute atomic E-state index is 0.692. The molecule has 0 radical (unpaired) electrons. The van der Waals surface area contributed by atoms with E-state index in [9.17, 15) is 0 Å². The predicted octanol–water partition coefficient (Wildman–Crippen LogP) is 3.98. The second-order valence-corrected chi connectivity index (χ2v) is 5.13. The highest BCUT2D eigenvalue weighted by Gasteiger charge is 2.25. The van der Waals surface area contributed by atoms with Gasteiger partial charge in [-0.05, 0) is 35.1 Å². The molecule has 0 saturated heterocycles. The summed E-state index contributed by atoms with van der Waals surface area (Å²) in [4.78, 5) is 0. The maximum Gasteiger partial charge on any atom is 0.0480 e. The molecule has 1 atom stereocenters. The third kappa shape index (κ3) is 1.40. The van der Waals surface area contributed by atoms with Gasteiger partial charge in [0.05, 0.1) is 0 Å². The summed E-state index contributed by atoms with van der Waals surface area (Å²) in [5, 5.41) is 1.34. The molecule has 0 fully saturated rings. The van der Waals surface area contributed by atoms with E-state index < -0.39 is 0 Å². The largest absolute Gasteiger partial charge is 0.347 e. The third-order valence-electron chi connectivity index (χ3n) is 4.06. The van der Waals surface area contributed by atoms with Crippen molar-refractivity contribution < 1.29 is 0 Å². The van der Waals surface area contributed by atoms with E-state index in [-0.39, 0.29) is 0 Å². The molecule has 0 spiro atoms. The first kappa shape index (κ1) is 9.95. The number of fused-ring (bicyclic) bond motifs is 2. The molecule has 0 aliphatic heterocycles. The zero-order valence-corrected chi connectivity index (χ0v) is 10.2. The maximum absolute atomic E-state index is 2.38. The average molecular weight is 233 g/mol. The molecule has 3 aromatic rings. The van der Waals surface area contributed by atoms with E-state index in [1.807, 2.05) is 0 Å². The minimum Gasteiger partial charge on any atom is -0.347 e. The highest BCUT2D eigenvalue weighted by Crippen LogP contribution is 2.36. The highest BCUT2D eigenvalue weighted by molar-refractivity contribution is 5.79. The van der Waals surface area contributed by atoms with Gasteiger partial charge in [-0.2, -0.15) is 0 Å². The molecule has 1 heteroatoms. The Hall–Kier alpha value is -2.02. The molecule has 1 aliphatic carbocycles. The number of para-hydroxylation sites is 1. The van der Waals surface area contributed by atoms with Crippen LogP contribution < -0.4 is 0 Å². The molecular weight excluding hydrogens is 218 g/mol. The summed E-state index contributed by atoms with van der Waals surface area (Å²) >= 11 is 0. The van der Waals surface area contributed by atoms with Gasteiger partial charge in [-0.15, -0.1) is 0 Å². The number of rotatable bonds is 2. The molecular formula is C17H15N. The maximum atomic E-state index is 2.38. The van der Waals surface area contributed by atoms with E-state index in [4.69, 9.17) is 0 Å². The highest BCUT2D eigenvalue weighted by atomic mass is 15.0. The van der Waals surface area contributed by atoms with Crippen molar-refractivity contribution >= 4 is 10.9 Å². The Balaban J connectivity index is 1.67. The molecule has 88 valence electrons. The van der Waals surface area contributed by atoms with Crippen molar-refractivity contribution in [2.45, 2.75) is 18.9 Å². The molecule has 1 heterocycles. The Labute approximate surface area is 107 Å². The van der Waals surface area contributed by atoms with Crippen molar-refractivity contribution in [2.75, 3.05) is 0 Å². The van der Waals surface area contributed by atoms with E-state index >= 15 is 0 Å². The van der Waals surface area contributed by atoms with Gasteiger partial charge in [-0.25, -0.2) is 0 Å². The fraction of sp³-hybridized carbons (Fsp3) is 0.176. The Kier molecular flexibility index (Phi) is 2.07. The predicted molar refractivity (Wildman–Crippen MR) is 74.8 cm³/mol. The first-order valence-corrected chi connectivity index (χ1v) is 6.53. The van der Waals surface area contributed by atoms with Crippen molar-refractivity contribution in [3.63, 3.8) is 0 Å². The summed E-state index contributed by atoms with van der Waals surface area (Å²) < 4.78 is 2.38. The fourth-order valence-electron chi connectivity index (χ4n) is 3.06. The second kappa shape index (κ2) is 3.74. The van der Waals surface area contributed by atoms with Crippen LogP contribution in [0.15, 0.2) is 60.8 Å². The van der Waals surface area contributed by atoms with E-state index in [0.29, 0.717) is 5.92 Å². The van der Waals surface area contributed by atoms with Crippen LogP contribution in [0.25, 0.3) is 10.9 Å². The van der Waals surface area contributed by atoms with Crippen molar-refractivity contribution in [3.05, 3.63) is 71.9 Å². The van der Waals surface area contributed by atoms with Gasteiger partial charge in [0.15, 0.2) is 0 Å². The molecule has 1 aliphatic rings. The standard InChI is InChI=1S/C17H15N/c1-3-7-16-14(6-1)11-15(16)12-18-10-9-13-5-2-4-8-17(13)18/h1-10,15H,11-12H2. The quantitative estimate of drug-likeness (QED) is 0.631. The molecule has 1 unspecified atom stereocenters. The van der Waals surface area contributed by atoms with Gasteiger partial charge in [0.1, 0.15) is 0 Å². The van der Waals surface area contributed by atoms with Crippen molar-refractivity contribution in [1.82, 2.24) is 4.57 Å². The molecule has 0 amide bonds. The van der Waals surface area contributed by atoms with Crippen molar-refractivity contribution in [1.29, 1.82) is 0 Å². The average Bonchev–Trinajstić information content (AvgIpc) is 2.79. The van der Waals surface area contributed by atoms with E-state index in [2.05, 4.69) is 65.4 Å². The zero-order valence-electron chi connectivity index (χ0n) is 10.2. The summed E-state index contributed by atoms with van der Waals surface area (Å²) in [6, 6.07) is 19.6. The van der Waals surface area contributed by atoms with Gasteiger partial charge >= 0.3 is 0 Å². The van der Waals surface area contributed by atoms with Crippen LogP contribution in [-0.2, 0) is 13.0 Å². The van der Waals surface area contributed by atoms with Crippen LogP contribution in [-0.4, -0.2) is 4.57 Å². The van der Waals surface area contributed by atoms with Crippen molar-refractivity contribution in [2.24, 2.45) is 0 Å². The number of hydrogen-bond acceptors (Lipinski definition) is 0. The minimum atomic E-state index is 0.692. The van der Waals surface area contributed by atoms with Crippen LogP contribution in [0.2, 0.25) is 0 Å². The molecule has 0 saturated carbocycles. The molecule has 18 heavy (non-hydrogen) atoms. The van der Waals surface area contributed by atoms with Gasteiger partial charge in [0.2, 0.25) is 0 Å². The summed E-state index contributed by atoms with van der Waals surface area (Å²) in [6.45, 7) is 1.10. The van der Waals surface area contributed by atoms with Crippen LogP contribution >= 0.6 is 0 Å². The summed E-state index contributed by atoms with van der Waals surface area (Å²) in [5.41, 5.74) is 4.41. The Morgan fingerprint density at radius 3 is 2.72 bits per heavy atom.